The smallest absolute Gasteiger partial charge is 0.326 e. The Morgan fingerprint density at radius 3 is 2.33 bits per heavy atom. The van der Waals surface area contributed by atoms with Crippen LogP contribution in [0.3, 0.4) is 0 Å². The molecule has 182 valence electrons. The van der Waals surface area contributed by atoms with Crippen molar-refractivity contribution in [2.45, 2.75) is 63.7 Å². The van der Waals surface area contributed by atoms with Gasteiger partial charge in [-0.3, -0.25) is 14.4 Å². The Labute approximate surface area is 199 Å². The number of nitrogens with one attached hydrogen (secondary N) is 2. The molecule has 0 aromatic heterocycles. The molecule has 1 saturated heterocycles. The minimum atomic E-state index is -1.07. The van der Waals surface area contributed by atoms with Crippen LogP contribution in [0.2, 0.25) is 0 Å². The van der Waals surface area contributed by atoms with Gasteiger partial charge in [-0.05, 0) is 37.2 Å². The van der Waals surface area contributed by atoms with E-state index in [1.54, 1.807) is 0 Å². The van der Waals surface area contributed by atoms with Crippen LogP contribution in [-0.2, 0) is 25.6 Å². The number of hydrogen-bond acceptors (Lipinski definition) is 6. The van der Waals surface area contributed by atoms with E-state index in [-0.39, 0.29) is 11.7 Å². The molecule has 1 fully saturated rings. The van der Waals surface area contributed by atoms with Crippen molar-refractivity contribution in [1.29, 1.82) is 0 Å². The number of benzene rings is 1. The van der Waals surface area contributed by atoms with Gasteiger partial charge in [-0.25, -0.2) is 4.79 Å². The molecule has 0 spiro atoms. The summed E-state index contributed by atoms with van der Waals surface area (Å²) in [5.41, 5.74) is 6.96. The molecule has 5 N–H and O–H groups in total. The van der Waals surface area contributed by atoms with Gasteiger partial charge in [0.15, 0.2) is 0 Å². The summed E-state index contributed by atoms with van der Waals surface area (Å²) in [4.78, 5) is 51.3. The first-order valence-electron chi connectivity index (χ1n) is 11.2. The van der Waals surface area contributed by atoms with E-state index in [2.05, 4.69) is 23.3 Å². The predicted molar refractivity (Wildman–Crippen MR) is 128 cm³/mol. The number of aliphatic carboxylic acids is 1. The molecule has 10 heteroatoms. The number of hydrogen-bond donors (Lipinski definition) is 5. The summed E-state index contributed by atoms with van der Waals surface area (Å²) in [6, 6.07) is 5.72. The number of thiol groups is 1. The van der Waals surface area contributed by atoms with E-state index in [9.17, 15) is 24.3 Å². The highest BCUT2D eigenvalue weighted by molar-refractivity contribution is 7.80. The van der Waals surface area contributed by atoms with Crippen LogP contribution in [0, 0.1) is 5.92 Å². The number of nitrogens with two attached hydrogens (primary N) is 1. The van der Waals surface area contributed by atoms with Crippen LogP contribution in [0.1, 0.15) is 38.7 Å². The number of rotatable bonds is 11. The van der Waals surface area contributed by atoms with Gasteiger partial charge in [0.05, 0.1) is 6.04 Å². The maximum Gasteiger partial charge on any atom is 0.326 e. The van der Waals surface area contributed by atoms with Gasteiger partial charge in [-0.15, -0.1) is 0 Å². The predicted octanol–water partition coefficient (Wildman–Crippen LogP) is 0.578. The first-order chi connectivity index (χ1) is 15.6. The van der Waals surface area contributed by atoms with Gasteiger partial charge >= 0.3 is 5.97 Å². The number of carboxylic acids is 1. The molecule has 33 heavy (non-hydrogen) atoms. The average molecular weight is 479 g/mol. The molecule has 4 atom stereocenters. The topological polar surface area (TPSA) is 142 Å². The second-order valence-corrected chi connectivity index (χ2v) is 9.12. The highest BCUT2D eigenvalue weighted by Gasteiger charge is 2.38. The Hall–Kier alpha value is -2.59. The standard InChI is InChI=1S/C23H34N4O5S/c1-14(2)11-17(25-20(28)16(24)12-15-7-4-3-5-8-15)21(29)26-18(13-33)22(30)27-10-6-9-19(27)23(31)32/h3-5,7-8,14,16-19,33H,6,9-13,24H2,1-2H3,(H,25,28)(H,26,29)(H,31,32). The summed E-state index contributed by atoms with van der Waals surface area (Å²) < 4.78 is 0. The molecule has 0 saturated carbocycles. The quantitative estimate of drug-likeness (QED) is 0.295. The Morgan fingerprint density at radius 1 is 1.12 bits per heavy atom. The van der Waals surface area contributed by atoms with Crippen molar-refractivity contribution in [3.05, 3.63) is 35.9 Å². The molecule has 1 aromatic rings. The fraction of sp³-hybridized carbons (Fsp3) is 0.565. The number of carbonyl (C=O) groups is 4. The zero-order valence-corrected chi connectivity index (χ0v) is 20.0. The number of nitrogens with zero attached hydrogens (tertiary/aromatic N) is 1. The summed E-state index contributed by atoms with van der Waals surface area (Å²) in [5.74, 6) is -2.45. The Kier molecular flexibility index (Phi) is 10.2. The van der Waals surface area contributed by atoms with Crippen LogP contribution in [-0.4, -0.2) is 70.2 Å². The van der Waals surface area contributed by atoms with Crippen LogP contribution in [0.25, 0.3) is 0 Å². The van der Waals surface area contributed by atoms with Crippen molar-refractivity contribution in [3.63, 3.8) is 0 Å². The van der Waals surface area contributed by atoms with Crippen molar-refractivity contribution in [2.24, 2.45) is 11.7 Å². The number of likely N-dealkylation sites (tertiary alicyclic amines) is 1. The molecule has 4 unspecified atom stereocenters. The third kappa shape index (κ3) is 7.75. The second kappa shape index (κ2) is 12.6. The highest BCUT2D eigenvalue weighted by atomic mass is 32.1. The van der Waals surface area contributed by atoms with Crippen LogP contribution >= 0.6 is 12.6 Å². The van der Waals surface area contributed by atoms with E-state index in [1.807, 2.05) is 44.2 Å². The summed E-state index contributed by atoms with van der Waals surface area (Å²) >= 11 is 4.18. The third-order valence-corrected chi connectivity index (χ3v) is 5.96. The zero-order chi connectivity index (χ0) is 24.5. The van der Waals surface area contributed by atoms with Crippen LogP contribution in [0.4, 0.5) is 0 Å². The molecule has 0 radical (unpaired) electrons. The molecular weight excluding hydrogens is 444 g/mol. The summed E-state index contributed by atoms with van der Waals surface area (Å²) in [5, 5.41) is 14.7. The second-order valence-electron chi connectivity index (χ2n) is 8.76. The SMILES string of the molecule is CC(C)CC(NC(=O)C(N)Cc1ccccc1)C(=O)NC(CS)C(=O)N1CCCC1C(=O)O. The van der Waals surface area contributed by atoms with E-state index in [1.165, 1.54) is 4.90 Å². The Balaban J connectivity index is 2.04. The molecular formula is C23H34N4O5S. The van der Waals surface area contributed by atoms with Crippen LogP contribution in [0.5, 0.6) is 0 Å². The molecule has 1 aliphatic heterocycles. The first-order valence-corrected chi connectivity index (χ1v) is 11.8. The number of carboxylic acid groups (broad SMARTS) is 1. The van der Waals surface area contributed by atoms with Crippen LogP contribution < -0.4 is 16.4 Å². The fourth-order valence-electron chi connectivity index (χ4n) is 3.89. The molecule has 1 heterocycles. The maximum absolute atomic E-state index is 13.0. The minimum absolute atomic E-state index is 0.00325. The van der Waals surface area contributed by atoms with Gasteiger partial charge in [0, 0.05) is 12.3 Å². The van der Waals surface area contributed by atoms with Crippen molar-refractivity contribution in [3.8, 4) is 0 Å². The molecule has 3 amide bonds. The number of amides is 3. The monoisotopic (exact) mass is 478 g/mol. The Morgan fingerprint density at radius 2 is 1.76 bits per heavy atom. The van der Waals surface area contributed by atoms with Crippen molar-refractivity contribution in [2.75, 3.05) is 12.3 Å². The summed E-state index contributed by atoms with van der Waals surface area (Å²) in [7, 11) is 0. The van der Waals surface area contributed by atoms with Crippen molar-refractivity contribution >= 4 is 36.3 Å². The molecule has 1 aromatic carbocycles. The molecule has 1 aliphatic rings. The minimum Gasteiger partial charge on any atom is -0.480 e. The molecule has 0 aliphatic carbocycles. The first kappa shape index (κ1) is 26.7. The largest absolute Gasteiger partial charge is 0.480 e. The van der Waals surface area contributed by atoms with Gasteiger partial charge in [-0.2, -0.15) is 12.6 Å². The van der Waals surface area contributed by atoms with Gasteiger partial charge in [-0.1, -0.05) is 44.2 Å². The molecule has 9 nitrogen and oxygen atoms in total. The van der Waals surface area contributed by atoms with E-state index in [0.717, 1.165) is 5.56 Å². The van der Waals surface area contributed by atoms with Gasteiger partial charge in [0.25, 0.3) is 0 Å². The fourth-order valence-corrected chi connectivity index (χ4v) is 4.14. The lowest BCUT2D eigenvalue weighted by atomic mass is 10.0. The molecule has 0 bridgehead atoms. The van der Waals surface area contributed by atoms with Crippen LogP contribution in [0.15, 0.2) is 30.3 Å². The average Bonchev–Trinajstić information content (AvgIpc) is 3.27. The third-order valence-electron chi connectivity index (χ3n) is 5.59. The summed E-state index contributed by atoms with van der Waals surface area (Å²) in [6.07, 6.45) is 1.64. The van der Waals surface area contributed by atoms with E-state index in [4.69, 9.17) is 5.73 Å². The lowest BCUT2D eigenvalue weighted by Crippen LogP contribution is -2.58. The van der Waals surface area contributed by atoms with Crippen molar-refractivity contribution in [1.82, 2.24) is 15.5 Å². The Bertz CT molecular complexity index is 835. The zero-order valence-electron chi connectivity index (χ0n) is 19.1. The summed E-state index contributed by atoms with van der Waals surface area (Å²) in [6.45, 7) is 4.15. The van der Waals surface area contributed by atoms with E-state index >= 15 is 0 Å². The maximum atomic E-state index is 13.0. The molecule has 2 rings (SSSR count). The lowest BCUT2D eigenvalue weighted by molar-refractivity contribution is -0.149. The van der Waals surface area contributed by atoms with Gasteiger partial charge < -0.3 is 26.4 Å². The van der Waals surface area contributed by atoms with Crippen molar-refractivity contribution < 1.29 is 24.3 Å². The van der Waals surface area contributed by atoms with Gasteiger partial charge in [0.2, 0.25) is 17.7 Å². The lowest BCUT2D eigenvalue weighted by Gasteiger charge is -2.28. The number of carbonyl (C=O) groups excluding carboxylic acids is 3. The van der Waals surface area contributed by atoms with E-state index in [0.29, 0.717) is 32.2 Å². The highest BCUT2D eigenvalue weighted by Crippen LogP contribution is 2.19. The normalized spacial score (nSPS) is 18.5. The van der Waals surface area contributed by atoms with Gasteiger partial charge in [0.1, 0.15) is 18.1 Å². The van der Waals surface area contributed by atoms with E-state index < -0.39 is 47.9 Å².